The van der Waals surface area contributed by atoms with Crippen LogP contribution in [0.3, 0.4) is 0 Å². The summed E-state index contributed by atoms with van der Waals surface area (Å²) in [6.07, 6.45) is 0. The Kier molecular flexibility index (Phi) is 6.47. The van der Waals surface area contributed by atoms with Gasteiger partial charge in [0.25, 0.3) is 0 Å². The minimum absolute atomic E-state index is 0.646. The van der Waals surface area contributed by atoms with E-state index >= 15 is 0 Å². The number of fused-ring (bicyclic) bond motifs is 3. The molecule has 0 saturated heterocycles. The van der Waals surface area contributed by atoms with Gasteiger partial charge in [0, 0.05) is 16.7 Å². The number of hydrogen-bond donors (Lipinski definition) is 0. The van der Waals surface area contributed by atoms with Crippen LogP contribution in [0.5, 0.6) is 0 Å². The van der Waals surface area contributed by atoms with Crippen molar-refractivity contribution < 1.29 is 0 Å². The normalized spacial score (nSPS) is 11.2. The van der Waals surface area contributed by atoms with Crippen molar-refractivity contribution in [1.82, 2.24) is 15.0 Å². The average molecular weight is 562 g/mol. The Labute approximate surface area is 256 Å². The maximum atomic E-state index is 5.17. The molecule has 0 spiro atoms. The second-order valence-electron chi connectivity index (χ2n) is 10.9. The van der Waals surface area contributed by atoms with Crippen molar-refractivity contribution in [3.05, 3.63) is 164 Å². The van der Waals surface area contributed by atoms with E-state index in [0.717, 1.165) is 33.2 Å². The zero-order valence-corrected chi connectivity index (χ0v) is 23.9. The summed E-state index contributed by atoms with van der Waals surface area (Å²) in [6.45, 7) is 0. The van der Waals surface area contributed by atoms with Gasteiger partial charge in [-0.05, 0) is 55.9 Å². The van der Waals surface area contributed by atoms with Crippen LogP contribution in [0.2, 0.25) is 0 Å². The van der Waals surface area contributed by atoms with E-state index in [2.05, 4.69) is 140 Å². The van der Waals surface area contributed by atoms with Gasteiger partial charge in [-0.3, -0.25) is 0 Å². The first-order valence-electron chi connectivity index (χ1n) is 14.8. The molecule has 0 amide bonds. The fraction of sp³-hybridized carbons (Fsp3) is 0. The molecular formula is C41H27N3. The van der Waals surface area contributed by atoms with Gasteiger partial charge in [0.05, 0.1) is 0 Å². The Morgan fingerprint density at radius 2 is 0.727 bits per heavy atom. The van der Waals surface area contributed by atoms with Crippen molar-refractivity contribution in [2.24, 2.45) is 0 Å². The molecule has 0 aliphatic rings. The van der Waals surface area contributed by atoms with Gasteiger partial charge in [0.15, 0.2) is 17.5 Å². The van der Waals surface area contributed by atoms with E-state index in [0.29, 0.717) is 17.5 Å². The number of benzene rings is 7. The number of rotatable bonds is 5. The van der Waals surface area contributed by atoms with Crippen LogP contribution in [0.15, 0.2) is 164 Å². The van der Waals surface area contributed by atoms with E-state index in [-0.39, 0.29) is 0 Å². The highest BCUT2D eigenvalue weighted by atomic mass is 15.0. The molecule has 8 rings (SSSR count). The lowest BCUT2D eigenvalue weighted by Gasteiger charge is -2.15. The second kappa shape index (κ2) is 11.0. The van der Waals surface area contributed by atoms with Gasteiger partial charge in [0.2, 0.25) is 0 Å². The van der Waals surface area contributed by atoms with Gasteiger partial charge in [-0.1, -0.05) is 152 Å². The zero-order valence-electron chi connectivity index (χ0n) is 23.9. The van der Waals surface area contributed by atoms with Crippen molar-refractivity contribution in [2.75, 3.05) is 0 Å². The first-order valence-corrected chi connectivity index (χ1v) is 14.8. The average Bonchev–Trinajstić information content (AvgIpc) is 3.12. The molecule has 0 aliphatic carbocycles. The quantitative estimate of drug-likeness (QED) is 0.196. The van der Waals surface area contributed by atoms with Crippen molar-refractivity contribution >= 4 is 21.5 Å². The highest BCUT2D eigenvalue weighted by molar-refractivity contribution is 6.16. The van der Waals surface area contributed by atoms with Crippen LogP contribution in [0, 0.1) is 0 Å². The molecule has 0 N–H and O–H groups in total. The molecule has 7 aromatic carbocycles. The molecule has 206 valence electrons. The first-order chi connectivity index (χ1) is 21.8. The molecule has 0 fully saturated rings. The lowest BCUT2D eigenvalue weighted by Crippen LogP contribution is -2.01. The lowest BCUT2D eigenvalue weighted by molar-refractivity contribution is 1.08. The van der Waals surface area contributed by atoms with Gasteiger partial charge < -0.3 is 0 Å². The molecule has 44 heavy (non-hydrogen) atoms. The standard InChI is InChI=1S/C41H27N3/c1-4-14-28(15-5-1)31-20-12-21-32(26-31)40-42-39(30-18-8-3-9-19-30)43-41(44-40)38-27-37-33(29-16-6-2-7-17-29)24-13-25-35(37)34-22-10-11-23-36(34)38/h1-27H. The van der Waals surface area contributed by atoms with Crippen LogP contribution in [0.1, 0.15) is 0 Å². The van der Waals surface area contributed by atoms with Crippen LogP contribution in [0.25, 0.3) is 78.0 Å². The van der Waals surface area contributed by atoms with Crippen molar-refractivity contribution in [3.63, 3.8) is 0 Å². The van der Waals surface area contributed by atoms with E-state index in [9.17, 15) is 0 Å². The molecule has 0 saturated carbocycles. The van der Waals surface area contributed by atoms with Gasteiger partial charge in [-0.25, -0.2) is 15.0 Å². The smallest absolute Gasteiger partial charge is 0.164 e. The summed E-state index contributed by atoms with van der Waals surface area (Å²) in [7, 11) is 0. The third-order valence-corrected chi connectivity index (χ3v) is 8.12. The molecule has 0 aliphatic heterocycles. The van der Waals surface area contributed by atoms with Crippen molar-refractivity contribution in [3.8, 4) is 56.4 Å². The van der Waals surface area contributed by atoms with E-state index < -0.39 is 0 Å². The minimum atomic E-state index is 0.646. The summed E-state index contributed by atoms with van der Waals surface area (Å²) in [5.74, 6) is 1.95. The predicted molar refractivity (Wildman–Crippen MR) is 182 cm³/mol. The van der Waals surface area contributed by atoms with Crippen LogP contribution in [-0.4, -0.2) is 15.0 Å². The first kappa shape index (κ1) is 25.8. The Balaban J connectivity index is 1.40. The fourth-order valence-corrected chi connectivity index (χ4v) is 6.00. The zero-order chi connectivity index (χ0) is 29.3. The van der Waals surface area contributed by atoms with Gasteiger partial charge >= 0.3 is 0 Å². The maximum absolute atomic E-state index is 5.17. The van der Waals surface area contributed by atoms with Gasteiger partial charge in [-0.2, -0.15) is 0 Å². The monoisotopic (exact) mass is 561 g/mol. The molecule has 1 aromatic heterocycles. The predicted octanol–water partition coefficient (Wildman–Crippen LogP) is 10.5. The molecule has 3 heteroatoms. The highest BCUT2D eigenvalue weighted by Crippen LogP contribution is 2.39. The van der Waals surface area contributed by atoms with Crippen LogP contribution in [-0.2, 0) is 0 Å². The Bertz CT molecular complexity index is 2260. The molecule has 0 atom stereocenters. The molecule has 0 unspecified atom stereocenters. The van der Waals surface area contributed by atoms with E-state index in [4.69, 9.17) is 15.0 Å². The van der Waals surface area contributed by atoms with Crippen LogP contribution >= 0.6 is 0 Å². The Morgan fingerprint density at radius 3 is 1.45 bits per heavy atom. The summed E-state index contributed by atoms with van der Waals surface area (Å²) in [4.78, 5) is 15.3. The van der Waals surface area contributed by atoms with Crippen molar-refractivity contribution in [2.45, 2.75) is 0 Å². The molecule has 1 heterocycles. The summed E-state index contributed by atoms with van der Waals surface area (Å²) in [6, 6.07) is 56.9. The second-order valence-corrected chi connectivity index (χ2v) is 10.9. The minimum Gasteiger partial charge on any atom is -0.208 e. The van der Waals surface area contributed by atoms with Crippen LogP contribution < -0.4 is 0 Å². The molecule has 0 bridgehead atoms. The third-order valence-electron chi connectivity index (χ3n) is 8.12. The number of nitrogens with zero attached hydrogens (tertiary/aromatic N) is 3. The molecule has 3 nitrogen and oxygen atoms in total. The number of aromatic nitrogens is 3. The largest absolute Gasteiger partial charge is 0.208 e. The summed E-state index contributed by atoms with van der Waals surface area (Å²) < 4.78 is 0. The maximum Gasteiger partial charge on any atom is 0.164 e. The lowest BCUT2D eigenvalue weighted by atomic mass is 9.91. The summed E-state index contributed by atoms with van der Waals surface area (Å²) >= 11 is 0. The van der Waals surface area contributed by atoms with E-state index in [1.165, 1.54) is 27.3 Å². The fourth-order valence-electron chi connectivity index (χ4n) is 6.00. The van der Waals surface area contributed by atoms with Gasteiger partial charge in [-0.15, -0.1) is 0 Å². The van der Waals surface area contributed by atoms with Crippen LogP contribution in [0.4, 0.5) is 0 Å². The topological polar surface area (TPSA) is 38.7 Å². The van der Waals surface area contributed by atoms with Crippen molar-refractivity contribution in [1.29, 1.82) is 0 Å². The third kappa shape index (κ3) is 4.71. The molecular weight excluding hydrogens is 534 g/mol. The summed E-state index contributed by atoms with van der Waals surface area (Å²) in [5.41, 5.74) is 7.52. The summed E-state index contributed by atoms with van der Waals surface area (Å²) in [5, 5.41) is 4.66. The van der Waals surface area contributed by atoms with E-state index in [1.807, 2.05) is 24.3 Å². The Hall–Kier alpha value is -5.93. The Morgan fingerprint density at radius 1 is 0.250 bits per heavy atom. The number of hydrogen-bond acceptors (Lipinski definition) is 3. The van der Waals surface area contributed by atoms with Gasteiger partial charge in [0.1, 0.15) is 0 Å². The SMILES string of the molecule is c1ccc(-c2cccc(-c3nc(-c4ccccc4)nc(-c4cc5c(-c6ccccc6)cccc5c5ccccc45)n3)c2)cc1. The van der Waals surface area contributed by atoms with E-state index in [1.54, 1.807) is 0 Å². The molecule has 8 aromatic rings. The highest BCUT2D eigenvalue weighted by Gasteiger charge is 2.17. The molecule has 0 radical (unpaired) electrons.